The minimum atomic E-state index is 0.586. The maximum atomic E-state index is 3.65. The van der Waals surface area contributed by atoms with E-state index in [0.29, 0.717) is 5.92 Å². The molecule has 2 atom stereocenters. The molecular formula is C27H46N2. The Labute approximate surface area is 180 Å². The molecule has 0 aliphatic carbocycles. The van der Waals surface area contributed by atoms with Gasteiger partial charge in [-0.3, -0.25) is 0 Å². The molecule has 2 nitrogen and oxygen atoms in total. The number of aromatic amines is 1. The van der Waals surface area contributed by atoms with Gasteiger partial charge in [0.15, 0.2) is 0 Å². The van der Waals surface area contributed by atoms with E-state index in [1.165, 1.54) is 72.9 Å². The molecule has 0 spiro atoms. The van der Waals surface area contributed by atoms with Gasteiger partial charge in [0.2, 0.25) is 0 Å². The van der Waals surface area contributed by atoms with Crippen LogP contribution in [-0.4, -0.2) is 29.5 Å². The Bertz CT molecular complexity index is 723. The molecule has 2 unspecified atom stereocenters. The quantitative estimate of drug-likeness (QED) is 0.366. The molecule has 1 aromatic heterocycles. The number of benzene rings is 1. The first-order chi connectivity index (χ1) is 13.9. The van der Waals surface area contributed by atoms with E-state index in [2.05, 4.69) is 76.5 Å². The minimum Gasteiger partial charge on any atom is -0.358 e. The second kappa shape index (κ2) is 11.8. The zero-order chi connectivity index (χ0) is 21.4. The van der Waals surface area contributed by atoms with Gasteiger partial charge in [-0.05, 0) is 67.8 Å². The lowest BCUT2D eigenvalue weighted by atomic mass is 9.85. The summed E-state index contributed by atoms with van der Waals surface area (Å²) in [5, 5.41) is 1.43. The Balaban J connectivity index is 2.02. The van der Waals surface area contributed by atoms with Crippen LogP contribution in [0.1, 0.15) is 96.4 Å². The van der Waals surface area contributed by atoms with Crippen molar-refractivity contribution in [3.8, 4) is 0 Å². The normalized spacial score (nSPS) is 14.2. The van der Waals surface area contributed by atoms with E-state index in [4.69, 9.17) is 0 Å². The number of nitrogens with zero attached hydrogens (tertiary/aromatic N) is 1. The predicted molar refractivity (Wildman–Crippen MR) is 130 cm³/mol. The first-order valence-corrected chi connectivity index (χ1v) is 12.3. The molecule has 1 aromatic carbocycles. The molecule has 0 saturated heterocycles. The number of nitrogens with one attached hydrogen (secondary N) is 1. The van der Waals surface area contributed by atoms with E-state index >= 15 is 0 Å². The number of rotatable bonds is 13. The molecule has 29 heavy (non-hydrogen) atoms. The third-order valence-corrected chi connectivity index (χ3v) is 7.00. The van der Waals surface area contributed by atoms with Crippen LogP contribution >= 0.6 is 0 Å². The number of hydrogen-bond acceptors (Lipinski definition) is 1. The van der Waals surface area contributed by atoms with Gasteiger partial charge in [0, 0.05) is 23.1 Å². The van der Waals surface area contributed by atoms with Crippen molar-refractivity contribution >= 4 is 10.9 Å². The fourth-order valence-corrected chi connectivity index (χ4v) is 5.17. The zero-order valence-corrected chi connectivity index (χ0v) is 20.3. The first kappa shape index (κ1) is 24.0. The third-order valence-electron chi connectivity index (χ3n) is 7.00. The van der Waals surface area contributed by atoms with Gasteiger partial charge in [0.25, 0.3) is 0 Å². The maximum Gasteiger partial charge on any atom is 0.0461 e. The summed E-state index contributed by atoms with van der Waals surface area (Å²) in [5.41, 5.74) is 5.61. The van der Waals surface area contributed by atoms with Crippen LogP contribution in [0.4, 0.5) is 0 Å². The van der Waals surface area contributed by atoms with Gasteiger partial charge in [-0.25, -0.2) is 0 Å². The zero-order valence-electron chi connectivity index (χ0n) is 20.3. The second-order valence-corrected chi connectivity index (χ2v) is 9.29. The maximum absolute atomic E-state index is 3.65. The number of aryl methyl sites for hydroxylation is 2. The SMILES string of the molecule is CCCC(CCC)C(C)CN(CC)CCC(C)c1c(C)[nH]c2cc(CC)ccc12. The number of aromatic nitrogens is 1. The molecule has 1 heterocycles. The van der Waals surface area contributed by atoms with Crippen molar-refractivity contribution in [1.82, 2.24) is 9.88 Å². The Morgan fingerprint density at radius 2 is 1.66 bits per heavy atom. The predicted octanol–water partition coefficient (Wildman–Crippen LogP) is 7.71. The summed E-state index contributed by atoms with van der Waals surface area (Å²) in [6, 6.07) is 6.97. The lowest BCUT2D eigenvalue weighted by molar-refractivity contribution is 0.190. The van der Waals surface area contributed by atoms with Crippen LogP contribution in [0.25, 0.3) is 10.9 Å². The van der Waals surface area contributed by atoms with E-state index in [1.807, 2.05) is 0 Å². The molecule has 2 rings (SSSR count). The average molecular weight is 399 g/mol. The van der Waals surface area contributed by atoms with Crippen LogP contribution in [0.2, 0.25) is 0 Å². The van der Waals surface area contributed by atoms with Crippen LogP contribution in [-0.2, 0) is 6.42 Å². The van der Waals surface area contributed by atoms with Crippen LogP contribution in [0.5, 0.6) is 0 Å². The molecular weight excluding hydrogens is 352 g/mol. The van der Waals surface area contributed by atoms with Crippen LogP contribution in [0.3, 0.4) is 0 Å². The summed E-state index contributed by atoms with van der Waals surface area (Å²) in [5.74, 6) is 2.27. The largest absolute Gasteiger partial charge is 0.358 e. The smallest absolute Gasteiger partial charge is 0.0461 e. The fourth-order valence-electron chi connectivity index (χ4n) is 5.17. The lowest BCUT2D eigenvalue weighted by Gasteiger charge is -2.30. The van der Waals surface area contributed by atoms with Gasteiger partial charge >= 0.3 is 0 Å². The lowest BCUT2D eigenvalue weighted by Crippen LogP contribution is -2.33. The molecule has 0 bridgehead atoms. The highest BCUT2D eigenvalue weighted by Gasteiger charge is 2.20. The van der Waals surface area contributed by atoms with Gasteiger partial charge < -0.3 is 9.88 Å². The number of H-pyrrole nitrogens is 1. The molecule has 0 fully saturated rings. The molecule has 2 heteroatoms. The van der Waals surface area contributed by atoms with Crippen molar-refractivity contribution < 1.29 is 0 Å². The summed E-state index contributed by atoms with van der Waals surface area (Å²) < 4.78 is 0. The molecule has 0 amide bonds. The average Bonchev–Trinajstić information content (AvgIpc) is 3.05. The Morgan fingerprint density at radius 1 is 0.966 bits per heavy atom. The molecule has 0 aliphatic rings. The monoisotopic (exact) mass is 398 g/mol. The Kier molecular flexibility index (Phi) is 9.75. The van der Waals surface area contributed by atoms with Crippen LogP contribution in [0, 0.1) is 18.8 Å². The summed E-state index contributed by atoms with van der Waals surface area (Å²) in [6.07, 6.45) is 7.74. The fraction of sp³-hybridized carbons (Fsp3) is 0.704. The van der Waals surface area contributed by atoms with Crippen LogP contribution < -0.4 is 0 Å². The molecule has 2 aromatic rings. The summed E-state index contributed by atoms with van der Waals surface area (Å²) >= 11 is 0. The molecule has 0 radical (unpaired) electrons. The van der Waals surface area contributed by atoms with Gasteiger partial charge in [-0.2, -0.15) is 0 Å². The second-order valence-electron chi connectivity index (χ2n) is 9.29. The number of hydrogen-bond donors (Lipinski definition) is 1. The van der Waals surface area contributed by atoms with E-state index in [1.54, 1.807) is 0 Å². The van der Waals surface area contributed by atoms with Crippen molar-refractivity contribution in [3.63, 3.8) is 0 Å². The van der Waals surface area contributed by atoms with Gasteiger partial charge in [0.05, 0.1) is 0 Å². The highest BCUT2D eigenvalue weighted by atomic mass is 15.1. The van der Waals surface area contributed by atoms with Crippen molar-refractivity contribution in [2.24, 2.45) is 11.8 Å². The van der Waals surface area contributed by atoms with Crippen LogP contribution in [0.15, 0.2) is 18.2 Å². The Morgan fingerprint density at radius 3 is 2.24 bits per heavy atom. The summed E-state index contributed by atoms with van der Waals surface area (Å²) in [6.45, 7) is 20.0. The van der Waals surface area contributed by atoms with E-state index in [0.717, 1.165) is 24.8 Å². The van der Waals surface area contributed by atoms with Gasteiger partial charge in [-0.1, -0.05) is 79.4 Å². The molecule has 0 aliphatic heterocycles. The van der Waals surface area contributed by atoms with E-state index in [-0.39, 0.29) is 0 Å². The Hall–Kier alpha value is -1.28. The summed E-state index contributed by atoms with van der Waals surface area (Å²) in [7, 11) is 0. The van der Waals surface area contributed by atoms with Gasteiger partial charge in [0.1, 0.15) is 0 Å². The van der Waals surface area contributed by atoms with Crippen molar-refractivity contribution in [1.29, 1.82) is 0 Å². The molecule has 164 valence electrons. The standard InChI is InChI=1S/C27H46N2/c1-8-12-24(13-9-2)21(6)19-29(11-4)17-16-20(5)27-22(7)28-26-18-23(10-3)14-15-25(26)27/h14-15,18,20-21,24,28H,8-13,16-17,19H2,1-7H3. The summed E-state index contributed by atoms with van der Waals surface area (Å²) in [4.78, 5) is 6.34. The van der Waals surface area contributed by atoms with Gasteiger partial charge in [-0.15, -0.1) is 0 Å². The van der Waals surface area contributed by atoms with Crippen molar-refractivity contribution in [2.75, 3.05) is 19.6 Å². The third kappa shape index (κ3) is 6.35. The highest BCUT2D eigenvalue weighted by molar-refractivity contribution is 5.85. The van der Waals surface area contributed by atoms with E-state index in [9.17, 15) is 0 Å². The topological polar surface area (TPSA) is 19.0 Å². The van der Waals surface area contributed by atoms with E-state index < -0.39 is 0 Å². The number of fused-ring (bicyclic) bond motifs is 1. The molecule has 0 saturated carbocycles. The first-order valence-electron chi connectivity index (χ1n) is 12.3. The molecule has 1 N–H and O–H groups in total. The van der Waals surface area contributed by atoms with Crippen molar-refractivity contribution in [2.45, 2.75) is 92.9 Å². The minimum absolute atomic E-state index is 0.586. The van der Waals surface area contributed by atoms with Crippen molar-refractivity contribution in [3.05, 3.63) is 35.0 Å². The highest BCUT2D eigenvalue weighted by Crippen LogP contribution is 2.32.